The first-order valence-electron chi connectivity index (χ1n) is 6.13. The molecule has 1 aromatic rings. The minimum absolute atomic E-state index is 0.678. The smallest absolute Gasteiger partial charge is 0.0416 e. The van der Waals surface area contributed by atoms with E-state index in [1.54, 1.807) is 0 Å². The van der Waals surface area contributed by atoms with Crippen LogP contribution in [0.3, 0.4) is 0 Å². The van der Waals surface area contributed by atoms with E-state index in [4.69, 9.17) is 5.73 Å². The molecule has 0 aliphatic carbocycles. The third-order valence-corrected chi connectivity index (χ3v) is 3.51. The fourth-order valence-electron chi connectivity index (χ4n) is 2.50. The highest BCUT2D eigenvalue weighted by atomic mass is 15.2. The number of nitrogens with two attached hydrogens (primary N) is 1. The van der Waals surface area contributed by atoms with Gasteiger partial charge in [-0.1, -0.05) is 6.07 Å². The van der Waals surface area contributed by atoms with Crippen molar-refractivity contribution in [1.82, 2.24) is 9.88 Å². The van der Waals surface area contributed by atoms with E-state index in [1.807, 2.05) is 12.3 Å². The van der Waals surface area contributed by atoms with E-state index in [0.717, 1.165) is 26.1 Å². The van der Waals surface area contributed by atoms with Crippen LogP contribution in [0.25, 0.3) is 0 Å². The van der Waals surface area contributed by atoms with Crippen molar-refractivity contribution in [2.75, 3.05) is 19.6 Å². The van der Waals surface area contributed by atoms with Crippen molar-refractivity contribution >= 4 is 0 Å². The summed E-state index contributed by atoms with van der Waals surface area (Å²) in [6, 6.07) is 6.80. The van der Waals surface area contributed by atoms with Gasteiger partial charge in [-0.2, -0.15) is 0 Å². The fraction of sp³-hybridized carbons (Fsp3) is 0.615. The van der Waals surface area contributed by atoms with Crippen molar-refractivity contribution in [2.24, 2.45) is 11.7 Å². The molecule has 0 radical (unpaired) electrons. The monoisotopic (exact) mass is 219 g/mol. The van der Waals surface area contributed by atoms with Gasteiger partial charge < -0.3 is 5.73 Å². The third kappa shape index (κ3) is 2.80. The Kier molecular flexibility index (Phi) is 3.91. The maximum Gasteiger partial charge on any atom is 0.0416 e. The molecule has 2 rings (SSSR count). The van der Waals surface area contributed by atoms with Gasteiger partial charge in [0.15, 0.2) is 0 Å². The molecule has 1 saturated heterocycles. The van der Waals surface area contributed by atoms with Crippen LogP contribution in [0.4, 0.5) is 0 Å². The lowest BCUT2D eigenvalue weighted by Crippen LogP contribution is -2.30. The number of likely N-dealkylation sites (tertiary alicyclic amines) is 1. The Balaban J connectivity index is 1.82. The largest absolute Gasteiger partial charge is 0.330 e. The molecule has 3 heteroatoms. The zero-order chi connectivity index (χ0) is 11.4. The van der Waals surface area contributed by atoms with E-state index in [-0.39, 0.29) is 0 Å². The van der Waals surface area contributed by atoms with E-state index in [1.165, 1.54) is 12.1 Å². The average Bonchev–Trinajstić information content (AvgIpc) is 2.69. The molecule has 1 aliphatic rings. The van der Waals surface area contributed by atoms with E-state index >= 15 is 0 Å². The molecule has 88 valence electrons. The van der Waals surface area contributed by atoms with Gasteiger partial charge in [0.05, 0.1) is 0 Å². The van der Waals surface area contributed by atoms with E-state index in [2.05, 4.69) is 28.9 Å². The van der Waals surface area contributed by atoms with Gasteiger partial charge in [-0.15, -0.1) is 0 Å². The standard InChI is InChI=1S/C13H21N3/c1-11-8-12(9-14)10-16(11)7-5-13-4-2-3-6-15-13/h2-4,6,11-12H,5,7-10,14H2,1H3. The number of hydrogen-bond acceptors (Lipinski definition) is 3. The van der Waals surface area contributed by atoms with Gasteiger partial charge in [0.25, 0.3) is 0 Å². The molecule has 1 aliphatic heterocycles. The molecule has 3 nitrogen and oxygen atoms in total. The Morgan fingerprint density at radius 3 is 3.00 bits per heavy atom. The van der Waals surface area contributed by atoms with Gasteiger partial charge in [0.1, 0.15) is 0 Å². The summed E-state index contributed by atoms with van der Waals surface area (Å²) >= 11 is 0. The van der Waals surface area contributed by atoms with Crippen LogP contribution >= 0.6 is 0 Å². The lowest BCUT2D eigenvalue weighted by Gasteiger charge is -2.20. The van der Waals surface area contributed by atoms with Crippen molar-refractivity contribution in [3.05, 3.63) is 30.1 Å². The summed E-state index contributed by atoms with van der Waals surface area (Å²) in [6.45, 7) is 5.39. The van der Waals surface area contributed by atoms with E-state index in [0.29, 0.717) is 12.0 Å². The quantitative estimate of drug-likeness (QED) is 0.830. The Morgan fingerprint density at radius 2 is 2.38 bits per heavy atom. The number of pyridine rings is 1. The molecule has 2 heterocycles. The van der Waals surface area contributed by atoms with Crippen molar-refractivity contribution in [3.63, 3.8) is 0 Å². The summed E-state index contributed by atoms with van der Waals surface area (Å²) in [5, 5.41) is 0. The fourth-order valence-corrected chi connectivity index (χ4v) is 2.50. The van der Waals surface area contributed by atoms with Gasteiger partial charge >= 0.3 is 0 Å². The topological polar surface area (TPSA) is 42.1 Å². The Morgan fingerprint density at radius 1 is 1.50 bits per heavy atom. The molecule has 0 spiro atoms. The highest BCUT2D eigenvalue weighted by molar-refractivity contribution is 5.04. The van der Waals surface area contributed by atoms with Crippen LogP contribution in [0, 0.1) is 5.92 Å². The zero-order valence-electron chi connectivity index (χ0n) is 9.97. The zero-order valence-corrected chi connectivity index (χ0v) is 9.97. The van der Waals surface area contributed by atoms with E-state index in [9.17, 15) is 0 Å². The maximum atomic E-state index is 5.73. The molecule has 0 saturated carbocycles. The third-order valence-electron chi connectivity index (χ3n) is 3.51. The average molecular weight is 219 g/mol. The lowest BCUT2D eigenvalue weighted by atomic mass is 10.1. The SMILES string of the molecule is CC1CC(CN)CN1CCc1ccccn1. The van der Waals surface area contributed by atoms with Gasteiger partial charge in [-0.3, -0.25) is 9.88 Å². The second-order valence-electron chi connectivity index (χ2n) is 4.75. The molecule has 0 amide bonds. The van der Waals surface area contributed by atoms with Gasteiger partial charge in [-0.25, -0.2) is 0 Å². The summed E-state index contributed by atoms with van der Waals surface area (Å²) in [4.78, 5) is 6.89. The molecule has 2 unspecified atom stereocenters. The molecule has 1 fully saturated rings. The summed E-state index contributed by atoms with van der Waals surface area (Å²) in [6.07, 6.45) is 4.16. The van der Waals surface area contributed by atoms with Crippen LogP contribution in [0.5, 0.6) is 0 Å². The van der Waals surface area contributed by atoms with Crippen LogP contribution in [0.1, 0.15) is 19.0 Å². The van der Waals surface area contributed by atoms with Crippen LogP contribution in [-0.2, 0) is 6.42 Å². The number of rotatable bonds is 4. The lowest BCUT2D eigenvalue weighted by molar-refractivity contribution is 0.267. The predicted octanol–water partition coefficient (Wildman–Crippen LogP) is 1.29. The normalized spacial score (nSPS) is 26.1. The van der Waals surface area contributed by atoms with Crippen molar-refractivity contribution in [1.29, 1.82) is 0 Å². The first-order valence-corrected chi connectivity index (χ1v) is 6.13. The molecular weight excluding hydrogens is 198 g/mol. The van der Waals surface area contributed by atoms with Crippen molar-refractivity contribution < 1.29 is 0 Å². The first kappa shape index (κ1) is 11.6. The van der Waals surface area contributed by atoms with Crippen molar-refractivity contribution in [2.45, 2.75) is 25.8 Å². The van der Waals surface area contributed by atoms with Gasteiger partial charge in [-0.05, 0) is 37.9 Å². The second kappa shape index (κ2) is 5.41. The molecule has 0 bridgehead atoms. The highest BCUT2D eigenvalue weighted by Gasteiger charge is 2.27. The van der Waals surface area contributed by atoms with Crippen LogP contribution < -0.4 is 5.73 Å². The Bertz CT molecular complexity index is 312. The Hall–Kier alpha value is -0.930. The van der Waals surface area contributed by atoms with Crippen LogP contribution in [0.15, 0.2) is 24.4 Å². The number of aromatic nitrogens is 1. The number of nitrogens with zero attached hydrogens (tertiary/aromatic N) is 2. The summed E-state index contributed by atoms with van der Waals surface area (Å²) in [5.74, 6) is 0.693. The maximum absolute atomic E-state index is 5.73. The summed E-state index contributed by atoms with van der Waals surface area (Å²) < 4.78 is 0. The minimum atomic E-state index is 0.678. The molecule has 2 N–H and O–H groups in total. The first-order chi connectivity index (χ1) is 7.79. The second-order valence-corrected chi connectivity index (χ2v) is 4.75. The highest BCUT2D eigenvalue weighted by Crippen LogP contribution is 2.21. The van der Waals surface area contributed by atoms with Gasteiger partial charge in [0.2, 0.25) is 0 Å². The van der Waals surface area contributed by atoms with Crippen LogP contribution in [-0.4, -0.2) is 35.6 Å². The predicted molar refractivity (Wildman–Crippen MR) is 66.1 cm³/mol. The molecule has 16 heavy (non-hydrogen) atoms. The van der Waals surface area contributed by atoms with E-state index < -0.39 is 0 Å². The van der Waals surface area contributed by atoms with Crippen LogP contribution in [0.2, 0.25) is 0 Å². The molecule has 2 atom stereocenters. The van der Waals surface area contributed by atoms with Crippen molar-refractivity contribution in [3.8, 4) is 0 Å². The molecular formula is C13H21N3. The minimum Gasteiger partial charge on any atom is -0.330 e. The molecule has 0 aromatic carbocycles. The van der Waals surface area contributed by atoms with Gasteiger partial charge in [0, 0.05) is 37.4 Å². The summed E-state index contributed by atoms with van der Waals surface area (Å²) in [7, 11) is 0. The number of hydrogen-bond donors (Lipinski definition) is 1. The Labute approximate surface area is 97.7 Å². The molecule has 1 aromatic heterocycles. The summed E-state index contributed by atoms with van der Waals surface area (Å²) in [5.41, 5.74) is 6.91.